The van der Waals surface area contributed by atoms with Crippen LogP contribution in [-0.2, 0) is 4.79 Å². The molecule has 1 saturated carbocycles. The zero-order valence-electron chi connectivity index (χ0n) is 18.6. The normalized spacial score (nSPS) is 24.4. The Kier molecular flexibility index (Phi) is 5.95. The van der Waals surface area contributed by atoms with Gasteiger partial charge in [0.15, 0.2) is 0 Å². The molecule has 0 aromatic heterocycles. The number of carbonyl (C=O) groups is 1. The lowest BCUT2D eigenvalue weighted by Gasteiger charge is -2.43. The van der Waals surface area contributed by atoms with Gasteiger partial charge in [0.05, 0.1) is 0 Å². The van der Waals surface area contributed by atoms with E-state index >= 15 is 0 Å². The zero-order chi connectivity index (χ0) is 21.3. The molecule has 3 heteroatoms. The van der Waals surface area contributed by atoms with Gasteiger partial charge < -0.3 is 9.59 Å². The summed E-state index contributed by atoms with van der Waals surface area (Å²) < 4.78 is 0. The lowest BCUT2D eigenvalue weighted by atomic mass is 9.65. The summed E-state index contributed by atoms with van der Waals surface area (Å²) in [6, 6.07) is 20.5. The van der Waals surface area contributed by atoms with Crippen LogP contribution < -0.4 is 10.4 Å². The van der Waals surface area contributed by atoms with Crippen molar-refractivity contribution in [3.05, 3.63) is 60.7 Å². The van der Waals surface area contributed by atoms with Crippen LogP contribution in [0.15, 0.2) is 60.7 Å². The molecule has 0 radical (unpaired) electrons. The highest BCUT2D eigenvalue weighted by molar-refractivity contribution is 6.98. The summed E-state index contributed by atoms with van der Waals surface area (Å²) in [5.41, 5.74) is -0.252. The molecule has 0 aliphatic heterocycles. The van der Waals surface area contributed by atoms with Gasteiger partial charge in [-0.05, 0) is 52.4 Å². The Hall–Kier alpha value is -1.71. The minimum Gasteiger partial charge on any atom is -0.424 e. The van der Waals surface area contributed by atoms with E-state index in [1.807, 2.05) is 36.4 Å². The summed E-state index contributed by atoms with van der Waals surface area (Å²) in [7, 11) is -2.96. The molecule has 0 spiro atoms. The number of hydrogen-bond acceptors (Lipinski definition) is 2. The van der Waals surface area contributed by atoms with Crippen LogP contribution in [0.25, 0.3) is 0 Å². The van der Waals surface area contributed by atoms with E-state index in [1.165, 1.54) is 6.29 Å². The molecule has 0 unspecified atom stereocenters. The maximum atomic E-state index is 12.3. The van der Waals surface area contributed by atoms with Crippen molar-refractivity contribution in [2.45, 2.75) is 65.3 Å². The largest absolute Gasteiger partial charge is 0.424 e. The van der Waals surface area contributed by atoms with Crippen LogP contribution >= 0.6 is 0 Å². The number of carbonyl (C=O) groups excluding carboxylic acids is 1. The van der Waals surface area contributed by atoms with Crippen LogP contribution in [0.5, 0.6) is 0 Å². The van der Waals surface area contributed by atoms with Crippen LogP contribution in [0.1, 0.15) is 60.3 Å². The molecular weight excluding hydrogens is 372 g/mol. The van der Waals surface area contributed by atoms with E-state index in [9.17, 15) is 9.59 Å². The molecule has 2 atom stereocenters. The van der Waals surface area contributed by atoms with E-state index in [-0.39, 0.29) is 15.9 Å². The van der Waals surface area contributed by atoms with Crippen molar-refractivity contribution in [1.82, 2.24) is 0 Å². The number of rotatable bonds is 7. The molecular formula is C26H36O2Si. The molecule has 0 amide bonds. The molecule has 1 aliphatic rings. The average molecular weight is 409 g/mol. The quantitative estimate of drug-likeness (QED) is 0.520. The Labute approximate surface area is 177 Å². The first-order valence-corrected chi connectivity index (χ1v) is 12.8. The topological polar surface area (TPSA) is 37.3 Å². The van der Waals surface area contributed by atoms with Gasteiger partial charge in [-0.2, -0.15) is 0 Å². The standard InChI is InChI=1S/C26H36O2Si/c1-24(2,18-16-21-17-19-26(5,20-27)25(21,3)4)29(28,22-12-8-6-9-13-22)23-14-10-7-11-15-23/h6-15,20-21,28H,16-19H2,1-5H3/t21-,26-/m1/s1. The SMILES string of the molecule is CC1(C)[C@H](CCC(C)(C)[Si](O)(c2ccccc2)c2ccccc2)CC[C@]1(C)C=O. The van der Waals surface area contributed by atoms with Gasteiger partial charge in [0.1, 0.15) is 6.29 Å². The summed E-state index contributed by atoms with van der Waals surface area (Å²) in [5, 5.41) is 1.91. The highest BCUT2D eigenvalue weighted by atomic mass is 28.4. The third-order valence-electron chi connectivity index (χ3n) is 8.25. The van der Waals surface area contributed by atoms with E-state index in [0.717, 1.165) is 36.1 Å². The molecule has 156 valence electrons. The second kappa shape index (κ2) is 7.85. The van der Waals surface area contributed by atoms with Gasteiger partial charge in [0.2, 0.25) is 0 Å². The summed E-state index contributed by atoms with van der Waals surface area (Å²) >= 11 is 0. The number of hydrogen-bond donors (Lipinski definition) is 1. The highest BCUT2D eigenvalue weighted by Gasteiger charge is 2.53. The lowest BCUT2D eigenvalue weighted by Crippen LogP contribution is -2.65. The van der Waals surface area contributed by atoms with E-state index < -0.39 is 8.32 Å². The molecule has 29 heavy (non-hydrogen) atoms. The second-order valence-electron chi connectivity index (χ2n) is 10.4. The predicted octanol–water partition coefficient (Wildman–Crippen LogP) is 4.94. The van der Waals surface area contributed by atoms with Crippen molar-refractivity contribution in [2.75, 3.05) is 0 Å². The first-order valence-electron chi connectivity index (χ1n) is 10.9. The monoisotopic (exact) mass is 408 g/mol. The van der Waals surface area contributed by atoms with E-state index in [1.54, 1.807) is 0 Å². The summed E-state index contributed by atoms with van der Waals surface area (Å²) in [6.07, 6.45) is 5.22. The fraction of sp³-hybridized carbons (Fsp3) is 0.500. The van der Waals surface area contributed by atoms with Gasteiger partial charge in [0.25, 0.3) is 8.32 Å². The predicted molar refractivity (Wildman–Crippen MR) is 124 cm³/mol. The van der Waals surface area contributed by atoms with Gasteiger partial charge in [-0.1, -0.05) is 95.3 Å². The maximum absolute atomic E-state index is 12.3. The van der Waals surface area contributed by atoms with E-state index in [0.29, 0.717) is 5.92 Å². The molecule has 2 aromatic carbocycles. The smallest absolute Gasteiger partial charge is 0.258 e. The Morgan fingerprint density at radius 3 is 1.90 bits per heavy atom. The maximum Gasteiger partial charge on any atom is 0.258 e. The van der Waals surface area contributed by atoms with Crippen LogP contribution in [0.4, 0.5) is 0 Å². The molecule has 2 nitrogen and oxygen atoms in total. The Bertz CT molecular complexity index is 789. The molecule has 1 aliphatic carbocycles. The van der Waals surface area contributed by atoms with Crippen molar-refractivity contribution in [1.29, 1.82) is 0 Å². The van der Waals surface area contributed by atoms with Crippen LogP contribution in [0.3, 0.4) is 0 Å². The third-order valence-corrected chi connectivity index (χ3v) is 12.8. The minimum atomic E-state index is -2.96. The molecule has 0 bridgehead atoms. The summed E-state index contributed by atoms with van der Waals surface area (Å²) in [4.78, 5) is 24.1. The van der Waals surface area contributed by atoms with E-state index in [4.69, 9.17) is 0 Å². The van der Waals surface area contributed by atoms with Crippen molar-refractivity contribution >= 4 is 25.0 Å². The van der Waals surface area contributed by atoms with Crippen molar-refractivity contribution in [3.8, 4) is 0 Å². The summed E-state index contributed by atoms with van der Waals surface area (Å²) in [6.45, 7) is 11.1. The van der Waals surface area contributed by atoms with Crippen molar-refractivity contribution < 1.29 is 9.59 Å². The molecule has 0 heterocycles. The molecule has 2 aromatic rings. The fourth-order valence-corrected chi connectivity index (χ4v) is 9.11. The van der Waals surface area contributed by atoms with Gasteiger partial charge in [-0.25, -0.2) is 0 Å². The fourth-order valence-electron chi connectivity index (χ4n) is 5.36. The highest BCUT2D eigenvalue weighted by Crippen LogP contribution is 2.57. The third kappa shape index (κ3) is 3.64. The van der Waals surface area contributed by atoms with Crippen molar-refractivity contribution in [3.63, 3.8) is 0 Å². The average Bonchev–Trinajstić information content (AvgIpc) is 2.96. The Morgan fingerprint density at radius 2 is 1.48 bits per heavy atom. The molecule has 1 fully saturated rings. The van der Waals surface area contributed by atoms with E-state index in [2.05, 4.69) is 58.9 Å². The molecule has 0 saturated heterocycles. The van der Waals surface area contributed by atoms with Crippen LogP contribution in [0.2, 0.25) is 5.04 Å². The minimum absolute atomic E-state index is 0.00993. The number of benzene rings is 2. The second-order valence-corrected chi connectivity index (χ2v) is 14.3. The first-order chi connectivity index (χ1) is 13.6. The van der Waals surface area contributed by atoms with Gasteiger partial charge in [0, 0.05) is 5.41 Å². The van der Waals surface area contributed by atoms with Crippen molar-refractivity contribution in [2.24, 2.45) is 16.7 Å². The molecule has 1 N–H and O–H groups in total. The van der Waals surface area contributed by atoms with Gasteiger partial charge in [-0.15, -0.1) is 0 Å². The summed E-state index contributed by atoms with van der Waals surface area (Å²) in [5.74, 6) is 0.502. The lowest BCUT2D eigenvalue weighted by molar-refractivity contribution is -0.120. The van der Waals surface area contributed by atoms with Crippen LogP contribution in [0, 0.1) is 16.7 Å². The molecule has 3 rings (SSSR count). The Morgan fingerprint density at radius 1 is 1.00 bits per heavy atom. The van der Waals surface area contributed by atoms with Crippen LogP contribution in [-0.4, -0.2) is 19.4 Å². The zero-order valence-corrected chi connectivity index (χ0v) is 19.6. The van der Waals surface area contributed by atoms with Gasteiger partial charge in [-0.3, -0.25) is 0 Å². The van der Waals surface area contributed by atoms with Gasteiger partial charge >= 0.3 is 0 Å². The first kappa shape index (κ1) is 22.0. The number of aldehydes is 1. The Balaban J connectivity index is 1.92.